The molecule has 0 saturated carbocycles. The number of carbonyl (C=O) groups excluding carboxylic acids is 1. The number of nitrogens with zero attached hydrogens (tertiary/aromatic N) is 1. The fourth-order valence-corrected chi connectivity index (χ4v) is 2.07. The third kappa shape index (κ3) is 2.64. The van der Waals surface area contributed by atoms with Crippen molar-refractivity contribution < 1.29 is 14.3 Å². The Labute approximate surface area is 118 Å². The zero-order valence-corrected chi connectivity index (χ0v) is 12.1. The average Bonchev–Trinajstić information content (AvgIpc) is 2.46. The first kappa shape index (κ1) is 14.1. The lowest BCUT2D eigenvalue weighted by Gasteiger charge is -2.10. The van der Waals surface area contributed by atoms with Gasteiger partial charge in [-0.2, -0.15) is 0 Å². The third-order valence-electron chi connectivity index (χ3n) is 3.08. The molecule has 0 unspecified atom stereocenters. The van der Waals surface area contributed by atoms with Crippen LogP contribution in [0.1, 0.15) is 27.2 Å². The van der Waals surface area contributed by atoms with Gasteiger partial charge >= 0.3 is 0 Å². The molecule has 104 valence electrons. The molecule has 1 aromatic carbocycles. The highest BCUT2D eigenvalue weighted by atomic mass is 16.5. The molecule has 0 atom stereocenters. The van der Waals surface area contributed by atoms with Gasteiger partial charge in [0, 0.05) is 12.3 Å². The summed E-state index contributed by atoms with van der Waals surface area (Å²) in [6, 6.07) is 7.06. The standard InChI is InChI=1S/C16H17NO3/c1-10-7-11(2)15(17-9-10)16(18)13-6-5-12(19-3)8-14(13)20-4/h5-9H,1-4H3. The first-order chi connectivity index (χ1) is 9.56. The third-order valence-corrected chi connectivity index (χ3v) is 3.08. The van der Waals surface area contributed by atoms with Gasteiger partial charge in [0.15, 0.2) is 0 Å². The van der Waals surface area contributed by atoms with E-state index in [9.17, 15) is 4.79 Å². The largest absolute Gasteiger partial charge is 0.497 e. The van der Waals surface area contributed by atoms with E-state index in [1.807, 2.05) is 19.9 Å². The van der Waals surface area contributed by atoms with Crippen LogP contribution in [0.4, 0.5) is 0 Å². The van der Waals surface area contributed by atoms with Gasteiger partial charge in [-0.05, 0) is 37.1 Å². The fourth-order valence-electron chi connectivity index (χ4n) is 2.07. The molecule has 0 aliphatic carbocycles. The summed E-state index contributed by atoms with van der Waals surface area (Å²) < 4.78 is 10.4. The van der Waals surface area contributed by atoms with Gasteiger partial charge in [0.25, 0.3) is 0 Å². The van der Waals surface area contributed by atoms with Crippen LogP contribution in [-0.2, 0) is 0 Å². The number of aryl methyl sites for hydroxylation is 2. The molecule has 0 aliphatic rings. The van der Waals surface area contributed by atoms with E-state index in [0.717, 1.165) is 11.1 Å². The van der Waals surface area contributed by atoms with Gasteiger partial charge in [0.2, 0.25) is 5.78 Å². The number of pyridine rings is 1. The van der Waals surface area contributed by atoms with Crippen molar-refractivity contribution in [2.24, 2.45) is 0 Å². The van der Waals surface area contributed by atoms with Crippen molar-refractivity contribution in [3.8, 4) is 11.5 Å². The maximum absolute atomic E-state index is 12.6. The van der Waals surface area contributed by atoms with Crippen molar-refractivity contribution in [3.63, 3.8) is 0 Å². The van der Waals surface area contributed by atoms with E-state index >= 15 is 0 Å². The zero-order valence-electron chi connectivity index (χ0n) is 12.1. The fraction of sp³-hybridized carbons (Fsp3) is 0.250. The molecule has 4 heteroatoms. The Balaban J connectivity index is 2.47. The molecular formula is C16H17NO3. The van der Waals surface area contributed by atoms with Gasteiger partial charge in [-0.3, -0.25) is 9.78 Å². The maximum atomic E-state index is 12.6. The Kier molecular flexibility index (Phi) is 4.03. The highest BCUT2D eigenvalue weighted by Crippen LogP contribution is 2.27. The van der Waals surface area contributed by atoms with E-state index in [1.54, 1.807) is 31.5 Å². The molecular weight excluding hydrogens is 254 g/mol. The van der Waals surface area contributed by atoms with Crippen molar-refractivity contribution in [2.75, 3.05) is 14.2 Å². The molecule has 0 amide bonds. The Morgan fingerprint density at radius 1 is 1.10 bits per heavy atom. The van der Waals surface area contributed by atoms with Gasteiger partial charge < -0.3 is 9.47 Å². The van der Waals surface area contributed by atoms with Crippen LogP contribution < -0.4 is 9.47 Å². The van der Waals surface area contributed by atoms with E-state index in [-0.39, 0.29) is 5.78 Å². The summed E-state index contributed by atoms with van der Waals surface area (Å²) in [5.74, 6) is 0.977. The number of benzene rings is 1. The summed E-state index contributed by atoms with van der Waals surface area (Å²) in [4.78, 5) is 16.8. The van der Waals surface area contributed by atoms with E-state index in [4.69, 9.17) is 9.47 Å². The topological polar surface area (TPSA) is 48.4 Å². The Bertz CT molecular complexity index is 650. The van der Waals surface area contributed by atoms with E-state index in [2.05, 4.69) is 4.98 Å². The molecule has 0 spiro atoms. The van der Waals surface area contributed by atoms with Crippen LogP contribution in [0.5, 0.6) is 11.5 Å². The average molecular weight is 271 g/mol. The molecule has 4 nitrogen and oxygen atoms in total. The van der Waals surface area contributed by atoms with E-state index in [1.165, 1.54) is 7.11 Å². The molecule has 2 rings (SSSR count). The number of rotatable bonds is 4. The first-order valence-corrected chi connectivity index (χ1v) is 6.26. The van der Waals surface area contributed by atoms with Crippen molar-refractivity contribution in [1.29, 1.82) is 0 Å². The molecule has 0 saturated heterocycles. The quantitative estimate of drug-likeness (QED) is 0.802. The van der Waals surface area contributed by atoms with Crippen LogP contribution in [0.25, 0.3) is 0 Å². The van der Waals surface area contributed by atoms with Crippen LogP contribution in [0.2, 0.25) is 0 Å². The molecule has 0 N–H and O–H groups in total. The Morgan fingerprint density at radius 3 is 2.45 bits per heavy atom. The van der Waals surface area contributed by atoms with Gasteiger partial charge in [-0.25, -0.2) is 0 Å². The first-order valence-electron chi connectivity index (χ1n) is 6.26. The predicted molar refractivity (Wildman–Crippen MR) is 76.7 cm³/mol. The summed E-state index contributed by atoms with van der Waals surface area (Å²) in [6.45, 7) is 3.82. The smallest absolute Gasteiger partial charge is 0.215 e. The minimum atomic E-state index is -0.151. The number of aromatic nitrogens is 1. The van der Waals surface area contributed by atoms with E-state index in [0.29, 0.717) is 22.8 Å². The number of methoxy groups -OCH3 is 2. The number of hydrogen-bond donors (Lipinski definition) is 0. The highest BCUT2D eigenvalue weighted by Gasteiger charge is 2.18. The predicted octanol–water partition coefficient (Wildman–Crippen LogP) is 2.95. The Hall–Kier alpha value is -2.36. The summed E-state index contributed by atoms with van der Waals surface area (Å²) in [5, 5.41) is 0. The minimum absolute atomic E-state index is 0.151. The lowest BCUT2D eigenvalue weighted by atomic mass is 10.0. The molecule has 1 heterocycles. The summed E-state index contributed by atoms with van der Waals surface area (Å²) in [5.41, 5.74) is 2.81. The van der Waals surface area contributed by atoms with Crippen LogP contribution >= 0.6 is 0 Å². The number of hydrogen-bond acceptors (Lipinski definition) is 4. The normalized spacial score (nSPS) is 10.2. The van der Waals surface area contributed by atoms with Crippen molar-refractivity contribution >= 4 is 5.78 Å². The molecule has 0 radical (unpaired) electrons. The number of ether oxygens (including phenoxy) is 2. The van der Waals surface area contributed by atoms with Crippen LogP contribution in [0.3, 0.4) is 0 Å². The van der Waals surface area contributed by atoms with Gasteiger partial charge in [-0.15, -0.1) is 0 Å². The van der Waals surface area contributed by atoms with E-state index < -0.39 is 0 Å². The van der Waals surface area contributed by atoms with Crippen molar-refractivity contribution in [1.82, 2.24) is 4.98 Å². The molecule has 2 aromatic rings. The minimum Gasteiger partial charge on any atom is -0.497 e. The molecule has 0 fully saturated rings. The van der Waals surface area contributed by atoms with Crippen molar-refractivity contribution in [3.05, 3.63) is 52.8 Å². The second kappa shape index (κ2) is 5.74. The second-order valence-electron chi connectivity index (χ2n) is 4.57. The lowest BCUT2D eigenvalue weighted by molar-refractivity contribution is 0.103. The second-order valence-corrected chi connectivity index (χ2v) is 4.57. The van der Waals surface area contributed by atoms with Gasteiger partial charge in [-0.1, -0.05) is 6.07 Å². The zero-order chi connectivity index (χ0) is 14.7. The summed E-state index contributed by atoms with van der Waals surface area (Å²) >= 11 is 0. The monoisotopic (exact) mass is 271 g/mol. The number of ketones is 1. The van der Waals surface area contributed by atoms with Gasteiger partial charge in [0.05, 0.1) is 19.8 Å². The van der Waals surface area contributed by atoms with Gasteiger partial charge in [0.1, 0.15) is 17.2 Å². The van der Waals surface area contributed by atoms with Crippen LogP contribution in [0.15, 0.2) is 30.5 Å². The van der Waals surface area contributed by atoms with Crippen LogP contribution in [0, 0.1) is 13.8 Å². The maximum Gasteiger partial charge on any atom is 0.215 e. The molecule has 0 bridgehead atoms. The van der Waals surface area contributed by atoms with Crippen LogP contribution in [-0.4, -0.2) is 25.0 Å². The summed E-state index contributed by atoms with van der Waals surface area (Å²) in [7, 11) is 3.10. The molecule has 20 heavy (non-hydrogen) atoms. The highest BCUT2D eigenvalue weighted by molar-refractivity contribution is 6.10. The SMILES string of the molecule is COc1ccc(C(=O)c2ncc(C)cc2C)c(OC)c1. The molecule has 1 aromatic heterocycles. The Morgan fingerprint density at radius 2 is 1.85 bits per heavy atom. The van der Waals surface area contributed by atoms with Crippen molar-refractivity contribution in [2.45, 2.75) is 13.8 Å². The number of carbonyl (C=O) groups is 1. The molecule has 0 aliphatic heterocycles. The lowest BCUT2D eigenvalue weighted by Crippen LogP contribution is -2.08. The summed E-state index contributed by atoms with van der Waals surface area (Å²) in [6.07, 6.45) is 1.69.